The van der Waals surface area contributed by atoms with Gasteiger partial charge in [-0.3, -0.25) is 10.1 Å². The Morgan fingerprint density at radius 3 is 3.00 bits per heavy atom. The first kappa shape index (κ1) is 13.4. The molecule has 2 aromatic heterocycles. The fourth-order valence-corrected chi connectivity index (χ4v) is 3.70. The number of hydrogen-bond acceptors (Lipinski definition) is 4. The Morgan fingerprint density at radius 2 is 2.14 bits per heavy atom. The van der Waals surface area contributed by atoms with Crippen LogP contribution in [0.2, 0.25) is 0 Å². The van der Waals surface area contributed by atoms with E-state index in [1.54, 1.807) is 6.07 Å². The third kappa shape index (κ3) is 2.37. The van der Waals surface area contributed by atoms with E-state index >= 15 is 0 Å². The fraction of sp³-hybridized carbons (Fsp3) is 0.267. The number of aromatic amines is 1. The van der Waals surface area contributed by atoms with Crippen molar-refractivity contribution in [2.45, 2.75) is 25.7 Å². The molecule has 7 heteroatoms. The van der Waals surface area contributed by atoms with E-state index in [1.807, 2.05) is 0 Å². The Labute approximate surface area is 129 Å². The van der Waals surface area contributed by atoms with Gasteiger partial charge in [0.05, 0.1) is 16.7 Å². The number of aromatic nitrogens is 3. The molecule has 0 radical (unpaired) electrons. The zero-order valence-electron chi connectivity index (χ0n) is 11.6. The summed E-state index contributed by atoms with van der Waals surface area (Å²) < 4.78 is 13.2. The normalized spacial score (nSPS) is 14.0. The van der Waals surface area contributed by atoms with Crippen LogP contribution in [0.5, 0.6) is 0 Å². The molecule has 3 aromatic rings. The van der Waals surface area contributed by atoms with Crippen molar-refractivity contribution in [3.63, 3.8) is 0 Å². The van der Waals surface area contributed by atoms with Crippen LogP contribution in [0.4, 0.5) is 9.52 Å². The number of carbonyl (C=O) groups is 1. The van der Waals surface area contributed by atoms with E-state index in [0.717, 1.165) is 25.0 Å². The summed E-state index contributed by atoms with van der Waals surface area (Å²) in [7, 11) is 0. The van der Waals surface area contributed by atoms with Crippen LogP contribution in [0.25, 0.3) is 11.0 Å². The second kappa shape index (κ2) is 5.17. The van der Waals surface area contributed by atoms with Gasteiger partial charge in [-0.2, -0.15) is 0 Å². The zero-order valence-corrected chi connectivity index (χ0v) is 12.5. The molecule has 0 atom stereocenters. The summed E-state index contributed by atoms with van der Waals surface area (Å²) in [6.45, 7) is 0. The SMILES string of the molecule is O=C(Nc1nc2c(s1)CCCC2)c1nc2ccc(F)cc2[nH]1. The maximum atomic E-state index is 13.2. The first-order chi connectivity index (χ1) is 10.7. The number of imidazole rings is 1. The number of nitrogens with zero attached hydrogens (tertiary/aromatic N) is 2. The van der Waals surface area contributed by atoms with E-state index < -0.39 is 0 Å². The Kier molecular flexibility index (Phi) is 3.15. The highest BCUT2D eigenvalue weighted by atomic mass is 32.1. The van der Waals surface area contributed by atoms with Gasteiger partial charge < -0.3 is 4.98 Å². The third-order valence-corrected chi connectivity index (χ3v) is 4.80. The number of benzene rings is 1. The molecule has 0 unspecified atom stereocenters. The maximum Gasteiger partial charge on any atom is 0.293 e. The van der Waals surface area contributed by atoms with Gasteiger partial charge in [-0.05, 0) is 43.9 Å². The van der Waals surface area contributed by atoms with Crippen molar-refractivity contribution in [1.82, 2.24) is 15.0 Å². The summed E-state index contributed by atoms with van der Waals surface area (Å²) in [5.41, 5.74) is 2.16. The van der Waals surface area contributed by atoms with Crippen molar-refractivity contribution in [3.05, 3.63) is 40.4 Å². The summed E-state index contributed by atoms with van der Waals surface area (Å²) in [4.78, 5) is 25.0. The van der Waals surface area contributed by atoms with Crippen LogP contribution in [0.3, 0.4) is 0 Å². The lowest BCUT2D eigenvalue weighted by Gasteiger charge is -2.06. The highest BCUT2D eigenvalue weighted by Gasteiger charge is 2.18. The third-order valence-electron chi connectivity index (χ3n) is 3.73. The number of hydrogen-bond donors (Lipinski definition) is 2. The topological polar surface area (TPSA) is 70.7 Å². The summed E-state index contributed by atoms with van der Waals surface area (Å²) >= 11 is 1.52. The molecule has 2 heterocycles. The van der Waals surface area contributed by atoms with Gasteiger partial charge in [0.1, 0.15) is 5.82 Å². The van der Waals surface area contributed by atoms with Crippen molar-refractivity contribution in [2.75, 3.05) is 5.32 Å². The molecule has 112 valence electrons. The molecule has 0 spiro atoms. The first-order valence-corrected chi connectivity index (χ1v) is 7.96. The molecule has 0 saturated heterocycles. The maximum absolute atomic E-state index is 13.2. The predicted molar refractivity (Wildman–Crippen MR) is 82.8 cm³/mol. The number of thiazole rings is 1. The molecule has 1 aromatic carbocycles. The lowest BCUT2D eigenvalue weighted by Crippen LogP contribution is -2.13. The van der Waals surface area contributed by atoms with Gasteiger partial charge in [-0.25, -0.2) is 14.4 Å². The van der Waals surface area contributed by atoms with E-state index in [1.165, 1.54) is 34.8 Å². The number of halogens is 1. The van der Waals surface area contributed by atoms with E-state index in [0.29, 0.717) is 16.2 Å². The van der Waals surface area contributed by atoms with E-state index in [9.17, 15) is 9.18 Å². The summed E-state index contributed by atoms with van der Waals surface area (Å²) in [5.74, 6) is -0.563. The fourth-order valence-electron chi connectivity index (χ4n) is 2.65. The second-order valence-corrected chi connectivity index (χ2v) is 6.38. The number of carbonyl (C=O) groups excluding carboxylic acids is 1. The largest absolute Gasteiger partial charge is 0.334 e. The van der Waals surface area contributed by atoms with Gasteiger partial charge in [0.2, 0.25) is 0 Å². The molecule has 1 amide bonds. The van der Waals surface area contributed by atoms with Crippen LogP contribution in [-0.4, -0.2) is 20.9 Å². The van der Waals surface area contributed by atoms with Crippen molar-refractivity contribution in [1.29, 1.82) is 0 Å². The van der Waals surface area contributed by atoms with E-state index in [4.69, 9.17) is 0 Å². The number of H-pyrrole nitrogens is 1. The molecule has 22 heavy (non-hydrogen) atoms. The molecular formula is C15H13FN4OS. The smallest absolute Gasteiger partial charge is 0.293 e. The molecule has 1 aliphatic rings. The van der Waals surface area contributed by atoms with Crippen molar-refractivity contribution in [2.24, 2.45) is 0 Å². The monoisotopic (exact) mass is 316 g/mol. The van der Waals surface area contributed by atoms with Crippen LogP contribution in [0.15, 0.2) is 18.2 Å². The average Bonchev–Trinajstić information content (AvgIpc) is 3.09. The number of anilines is 1. The van der Waals surface area contributed by atoms with Crippen LogP contribution in [0, 0.1) is 5.82 Å². The molecule has 5 nitrogen and oxygen atoms in total. The molecule has 0 saturated carbocycles. The van der Waals surface area contributed by atoms with Crippen molar-refractivity contribution in [3.8, 4) is 0 Å². The van der Waals surface area contributed by atoms with Gasteiger partial charge in [0.15, 0.2) is 11.0 Å². The van der Waals surface area contributed by atoms with Crippen LogP contribution in [0.1, 0.15) is 34.0 Å². The summed E-state index contributed by atoms with van der Waals surface area (Å²) in [5, 5.41) is 3.37. The molecule has 0 aliphatic heterocycles. The lowest BCUT2D eigenvalue weighted by atomic mass is 10.0. The Bertz CT molecular complexity index is 846. The zero-order chi connectivity index (χ0) is 15.1. The van der Waals surface area contributed by atoms with Gasteiger partial charge in [-0.15, -0.1) is 11.3 Å². The molecular weight excluding hydrogens is 303 g/mol. The number of rotatable bonds is 2. The summed E-state index contributed by atoms with van der Waals surface area (Å²) in [6, 6.07) is 4.18. The van der Waals surface area contributed by atoms with Gasteiger partial charge in [0, 0.05) is 4.88 Å². The molecule has 0 fully saturated rings. The molecule has 1 aliphatic carbocycles. The highest BCUT2D eigenvalue weighted by molar-refractivity contribution is 7.15. The molecule has 4 rings (SSSR count). The van der Waals surface area contributed by atoms with Gasteiger partial charge in [-0.1, -0.05) is 0 Å². The van der Waals surface area contributed by atoms with Crippen LogP contribution >= 0.6 is 11.3 Å². The number of nitrogens with one attached hydrogen (secondary N) is 2. The Morgan fingerprint density at radius 1 is 1.27 bits per heavy atom. The first-order valence-electron chi connectivity index (χ1n) is 7.14. The highest BCUT2D eigenvalue weighted by Crippen LogP contribution is 2.29. The minimum atomic E-state index is -0.365. The number of amides is 1. The molecule has 2 N–H and O–H groups in total. The van der Waals surface area contributed by atoms with Crippen molar-refractivity contribution >= 4 is 33.4 Å². The van der Waals surface area contributed by atoms with Crippen LogP contribution < -0.4 is 5.32 Å². The van der Waals surface area contributed by atoms with Gasteiger partial charge in [0.25, 0.3) is 5.91 Å². The quantitative estimate of drug-likeness (QED) is 0.762. The van der Waals surface area contributed by atoms with Gasteiger partial charge >= 0.3 is 0 Å². The van der Waals surface area contributed by atoms with E-state index in [-0.39, 0.29) is 17.5 Å². The number of aryl methyl sites for hydroxylation is 2. The van der Waals surface area contributed by atoms with Crippen LogP contribution in [-0.2, 0) is 12.8 Å². The number of fused-ring (bicyclic) bond motifs is 2. The molecule has 0 bridgehead atoms. The summed E-state index contributed by atoms with van der Waals surface area (Å²) in [6.07, 6.45) is 4.34. The minimum Gasteiger partial charge on any atom is -0.334 e. The standard InChI is InChI=1S/C15H13FN4OS/c16-8-5-6-9-11(7-8)18-13(17-9)14(21)20-15-19-10-3-1-2-4-12(10)22-15/h5-7H,1-4H2,(H,17,18)(H,19,20,21). The average molecular weight is 316 g/mol. The lowest BCUT2D eigenvalue weighted by molar-refractivity contribution is 0.101. The Hall–Kier alpha value is -2.28. The predicted octanol–water partition coefficient (Wildman–Crippen LogP) is 3.29. The minimum absolute atomic E-state index is 0.161. The van der Waals surface area contributed by atoms with E-state index in [2.05, 4.69) is 20.3 Å². The Balaban J connectivity index is 1.59. The van der Waals surface area contributed by atoms with Crippen molar-refractivity contribution < 1.29 is 9.18 Å². The second-order valence-electron chi connectivity index (χ2n) is 5.30.